The number of allylic oxidation sites excluding steroid dienone is 1. The van der Waals surface area contributed by atoms with E-state index in [4.69, 9.17) is 23.4 Å². The van der Waals surface area contributed by atoms with Crippen molar-refractivity contribution in [3.8, 4) is 17.5 Å². The van der Waals surface area contributed by atoms with Gasteiger partial charge in [-0.1, -0.05) is 56.3 Å². The first-order valence-corrected chi connectivity index (χ1v) is 17.2. The van der Waals surface area contributed by atoms with E-state index in [0.29, 0.717) is 11.6 Å². The number of nitrogens with zero attached hydrogens (tertiary/aromatic N) is 4. The minimum absolute atomic E-state index is 0.0660. The van der Waals surface area contributed by atoms with Crippen LogP contribution in [0.3, 0.4) is 0 Å². The number of alkyl halides is 6. The second-order valence-corrected chi connectivity index (χ2v) is 14.8. The quantitative estimate of drug-likeness (QED) is 0.115. The van der Waals surface area contributed by atoms with Crippen LogP contribution >= 0.6 is 0 Å². The van der Waals surface area contributed by atoms with Gasteiger partial charge in [-0.25, -0.2) is 14.6 Å². The molecule has 55 heavy (non-hydrogen) atoms. The number of rotatable bonds is 14. The zero-order valence-electron chi connectivity index (χ0n) is 31.9. The van der Waals surface area contributed by atoms with Gasteiger partial charge >= 0.3 is 24.5 Å². The third-order valence-corrected chi connectivity index (χ3v) is 7.53. The van der Waals surface area contributed by atoms with E-state index >= 15 is 13.2 Å². The largest absolute Gasteiger partial charge is 0.473 e. The number of benzene rings is 1. The lowest BCUT2D eigenvalue weighted by Gasteiger charge is -2.32. The summed E-state index contributed by atoms with van der Waals surface area (Å²) in [6.45, 7) is 18.5. The molecule has 0 fully saturated rings. The Kier molecular flexibility index (Phi) is 13.9. The molecule has 2 unspecified atom stereocenters. The molecule has 0 aliphatic rings. The number of ether oxygens (including phenoxy) is 4. The average Bonchev–Trinajstić information content (AvgIpc) is 3.53. The van der Waals surface area contributed by atoms with E-state index in [9.17, 15) is 22.8 Å². The van der Waals surface area contributed by atoms with E-state index in [1.54, 1.807) is 32.0 Å². The Morgan fingerprint density at radius 3 is 1.95 bits per heavy atom. The van der Waals surface area contributed by atoms with Crippen LogP contribution in [0.15, 0.2) is 66.1 Å². The summed E-state index contributed by atoms with van der Waals surface area (Å²) in [7, 11) is 0. The first-order valence-electron chi connectivity index (χ1n) is 17.2. The smallest absolute Gasteiger partial charge is 0.426 e. The van der Waals surface area contributed by atoms with Crippen molar-refractivity contribution in [3.05, 3.63) is 78.7 Å². The minimum Gasteiger partial charge on any atom is -0.473 e. The minimum atomic E-state index is -5.22. The van der Waals surface area contributed by atoms with Crippen LogP contribution in [0.2, 0.25) is 0 Å². The number of pyridine rings is 1. The van der Waals surface area contributed by atoms with Gasteiger partial charge in [0.15, 0.2) is 5.69 Å². The molecular weight excluding hydrogens is 738 g/mol. The maximum atomic E-state index is 15.2. The molecule has 17 heteroatoms. The number of halogens is 6. The number of anilines is 1. The van der Waals surface area contributed by atoms with Crippen LogP contribution in [0, 0.1) is 5.92 Å². The van der Waals surface area contributed by atoms with E-state index in [2.05, 4.69) is 28.3 Å². The van der Waals surface area contributed by atoms with E-state index in [0.717, 1.165) is 0 Å². The van der Waals surface area contributed by atoms with Gasteiger partial charge in [0.2, 0.25) is 11.5 Å². The predicted octanol–water partition coefficient (Wildman–Crippen LogP) is 10.7. The van der Waals surface area contributed by atoms with E-state index in [-0.39, 0.29) is 17.7 Å². The highest BCUT2D eigenvalue weighted by Gasteiger charge is 2.61. The fraction of sp³-hybridized carbons (Fsp3) is 0.500. The first kappa shape index (κ1) is 44.5. The molecule has 2 heterocycles. The highest BCUT2D eigenvalue weighted by atomic mass is 19.4. The average molecular weight is 785 g/mol. The number of amides is 2. The maximum absolute atomic E-state index is 15.2. The zero-order chi connectivity index (χ0) is 41.6. The van der Waals surface area contributed by atoms with E-state index in [1.165, 1.54) is 65.8 Å². The summed E-state index contributed by atoms with van der Waals surface area (Å²) in [5, 5.41) is 7.42. The Bertz CT molecular complexity index is 1770. The summed E-state index contributed by atoms with van der Waals surface area (Å²) in [4.78, 5) is 31.6. The van der Waals surface area contributed by atoms with Crippen LogP contribution in [0.4, 0.5) is 41.6 Å². The van der Waals surface area contributed by atoms with Crippen LogP contribution in [-0.4, -0.2) is 50.9 Å². The molecule has 0 saturated carbocycles. The Morgan fingerprint density at radius 1 is 0.891 bits per heavy atom. The van der Waals surface area contributed by atoms with E-state index in [1.807, 2.05) is 0 Å². The zero-order valence-corrected chi connectivity index (χ0v) is 31.9. The number of aromatic nitrogens is 3. The van der Waals surface area contributed by atoms with Crippen molar-refractivity contribution < 1.29 is 59.3 Å². The van der Waals surface area contributed by atoms with Gasteiger partial charge in [0.25, 0.3) is 11.8 Å². The van der Waals surface area contributed by atoms with Crippen molar-refractivity contribution in [1.29, 1.82) is 0 Å². The standard InChI is InChI=1S/C38H46F6N4O7/c1-11-13-20-36(38(42,43)44,51-22-24-18-15-14-16-19-24)31-47-46-30(53-31)28-26(48(32(49)54-34(5,6)7)33(50)55-35(8,9)10)21-25(37(39,40)41)29(45-28)52-27(17-12-2)23(3)4/h11-12,14-16,18-19,21,23,27H,1-2,13,17,20,22H2,3-10H3. The monoisotopic (exact) mass is 784 g/mol. The van der Waals surface area contributed by atoms with Crippen LogP contribution < -0.4 is 9.64 Å². The summed E-state index contributed by atoms with van der Waals surface area (Å²) >= 11 is 0. The van der Waals surface area contributed by atoms with Gasteiger partial charge in [0.1, 0.15) is 22.9 Å². The molecule has 2 atom stereocenters. The molecule has 2 aromatic heterocycles. The molecule has 0 bridgehead atoms. The Morgan fingerprint density at radius 2 is 1.47 bits per heavy atom. The number of hydrogen-bond donors (Lipinski definition) is 0. The molecule has 2 amide bonds. The van der Waals surface area contributed by atoms with Crippen molar-refractivity contribution in [3.63, 3.8) is 0 Å². The van der Waals surface area contributed by atoms with Gasteiger partial charge in [-0.2, -0.15) is 31.2 Å². The van der Waals surface area contributed by atoms with Gasteiger partial charge in [-0.15, -0.1) is 23.4 Å². The van der Waals surface area contributed by atoms with Crippen molar-refractivity contribution in [2.24, 2.45) is 5.92 Å². The van der Waals surface area contributed by atoms with Gasteiger partial charge < -0.3 is 23.4 Å². The van der Waals surface area contributed by atoms with Crippen LogP contribution in [-0.2, 0) is 32.6 Å². The second kappa shape index (κ2) is 17.3. The maximum Gasteiger partial charge on any atom is 0.426 e. The van der Waals surface area contributed by atoms with Gasteiger partial charge in [0, 0.05) is 6.42 Å². The lowest BCUT2D eigenvalue weighted by atomic mass is 9.96. The predicted molar refractivity (Wildman–Crippen MR) is 190 cm³/mol. The normalized spacial score (nSPS) is 14.2. The summed E-state index contributed by atoms with van der Waals surface area (Å²) in [6.07, 6.45) is -12.7. The number of imide groups is 1. The van der Waals surface area contributed by atoms with E-state index < -0.39 is 101 Å². The number of carbonyl (C=O) groups is 2. The van der Waals surface area contributed by atoms with Crippen molar-refractivity contribution >= 4 is 17.9 Å². The van der Waals surface area contributed by atoms with Crippen LogP contribution in [0.25, 0.3) is 11.6 Å². The summed E-state index contributed by atoms with van der Waals surface area (Å²) in [5.41, 5.74) is -8.88. The molecular formula is C38H46F6N4O7. The third kappa shape index (κ3) is 11.5. The molecule has 0 radical (unpaired) electrons. The molecule has 0 saturated heterocycles. The topological polar surface area (TPSA) is 126 Å². The molecule has 3 aromatic rings. The highest BCUT2D eigenvalue weighted by molar-refractivity contribution is 6.11. The fourth-order valence-electron chi connectivity index (χ4n) is 4.91. The number of carbonyl (C=O) groups excluding carboxylic acids is 2. The van der Waals surface area contributed by atoms with Gasteiger partial charge in [-0.3, -0.25) is 0 Å². The van der Waals surface area contributed by atoms with Gasteiger partial charge in [-0.05, 0) is 71.9 Å². The van der Waals surface area contributed by atoms with Crippen LogP contribution in [0.5, 0.6) is 5.88 Å². The second-order valence-electron chi connectivity index (χ2n) is 14.8. The Hall–Kier alpha value is -4.93. The molecule has 0 N–H and O–H groups in total. The fourth-order valence-corrected chi connectivity index (χ4v) is 4.91. The Balaban J connectivity index is 2.46. The molecule has 0 spiro atoms. The van der Waals surface area contributed by atoms with Crippen molar-refractivity contribution in [1.82, 2.24) is 15.2 Å². The first-order chi connectivity index (χ1) is 25.3. The molecule has 3 rings (SSSR count). The Labute approximate surface area is 315 Å². The molecule has 0 aliphatic heterocycles. The lowest BCUT2D eigenvalue weighted by Crippen LogP contribution is -2.45. The van der Waals surface area contributed by atoms with Crippen LogP contribution in [0.1, 0.15) is 91.7 Å². The SMILES string of the molecule is C=CCCC(OCc1ccccc1)(c1nnc(-c2nc(OC(CC=C)C(C)C)c(C(F)(F)F)cc2N(C(=O)OC(C)(C)C)C(=O)OC(C)(C)C)o1)C(F)(F)F. The molecule has 0 aliphatic carbocycles. The summed E-state index contributed by atoms with van der Waals surface area (Å²) in [6, 6.07) is 8.27. The number of hydrogen-bond acceptors (Lipinski definition) is 10. The lowest BCUT2D eigenvalue weighted by molar-refractivity contribution is -0.299. The molecule has 1 aromatic carbocycles. The summed E-state index contributed by atoms with van der Waals surface area (Å²) < 4.78 is 118. The van der Waals surface area contributed by atoms with Gasteiger partial charge in [0.05, 0.1) is 12.3 Å². The van der Waals surface area contributed by atoms with Crippen molar-refractivity contribution in [2.45, 2.75) is 117 Å². The highest BCUT2D eigenvalue weighted by Crippen LogP contribution is 2.48. The molecule has 11 nitrogen and oxygen atoms in total. The summed E-state index contributed by atoms with van der Waals surface area (Å²) in [5.74, 6) is -3.52. The third-order valence-electron chi connectivity index (χ3n) is 7.53. The van der Waals surface area contributed by atoms with Crippen molar-refractivity contribution in [2.75, 3.05) is 4.90 Å². The molecule has 302 valence electrons.